The molecule has 27 heavy (non-hydrogen) atoms. The van der Waals surface area contributed by atoms with Crippen LogP contribution in [0.2, 0.25) is 0 Å². The third-order valence-electron chi connectivity index (χ3n) is 3.33. The lowest BCUT2D eigenvalue weighted by Gasteiger charge is -2.20. The number of amides is 3. The zero-order chi connectivity index (χ0) is 20.0. The smallest absolute Gasteiger partial charge is 0.321 e. The van der Waals surface area contributed by atoms with Gasteiger partial charge in [0.05, 0.1) is 0 Å². The van der Waals surface area contributed by atoms with Crippen molar-refractivity contribution in [2.24, 2.45) is 0 Å². The molecule has 0 aliphatic rings. The molecule has 0 spiro atoms. The molecular formula is C20H21FN2O4. The van der Waals surface area contributed by atoms with Crippen LogP contribution >= 0.6 is 0 Å². The van der Waals surface area contributed by atoms with Gasteiger partial charge in [-0.2, -0.15) is 0 Å². The van der Waals surface area contributed by atoms with Gasteiger partial charge in [-0.05, 0) is 69.3 Å². The monoisotopic (exact) mass is 372 g/mol. The van der Waals surface area contributed by atoms with Crippen molar-refractivity contribution in [3.8, 4) is 5.75 Å². The normalized spacial score (nSPS) is 10.8. The van der Waals surface area contributed by atoms with Gasteiger partial charge in [-0.3, -0.25) is 14.9 Å². The van der Waals surface area contributed by atoms with Gasteiger partial charge in [0.1, 0.15) is 11.6 Å². The second-order valence-electron chi connectivity index (χ2n) is 6.90. The predicted octanol–water partition coefficient (Wildman–Crippen LogP) is 3.06. The lowest BCUT2D eigenvalue weighted by atomic mass is 10.0. The summed E-state index contributed by atoms with van der Waals surface area (Å²) in [5.41, 5.74) is 0.315. The molecule has 0 unspecified atom stereocenters. The highest BCUT2D eigenvalue weighted by atomic mass is 19.1. The number of halogens is 1. The molecule has 142 valence electrons. The molecule has 0 saturated heterocycles. The largest absolute Gasteiger partial charge is 0.484 e. The van der Waals surface area contributed by atoms with Crippen molar-refractivity contribution in [3.05, 3.63) is 65.5 Å². The number of carbonyl (C=O) groups excluding carboxylic acids is 3. The predicted molar refractivity (Wildman–Crippen MR) is 98.2 cm³/mol. The first-order chi connectivity index (χ1) is 12.6. The van der Waals surface area contributed by atoms with E-state index in [1.54, 1.807) is 45.0 Å². The quantitative estimate of drug-likeness (QED) is 0.790. The fourth-order valence-electron chi connectivity index (χ4n) is 2.15. The van der Waals surface area contributed by atoms with Gasteiger partial charge in [0.2, 0.25) is 0 Å². The van der Waals surface area contributed by atoms with Crippen molar-refractivity contribution in [2.45, 2.75) is 26.3 Å². The molecule has 2 rings (SSSR count). The van der Waals surface area contributed by atoms with Crippen LogP contribution in [0.15, 0.2) is 48.5 Å². The molecule has 0 aliphatic carbocycles. The van der Waals surface area contributed by atoms with Crippen LogP contribution in [0.3, 0.4) is 0 Å². The maximum atomic E-state index is 12.9. The fraction of sp³-hybridized carbons (Fsp3) is 0.250. The van der Waals surface area contributed by atoms with Gasteiger partial charge in [-0.15, -0.1) is 0 Å². The Bertz CT molecular complexity index is 825. The molecule has 0 radical (unpaired) electrons. The number of ketones is 1. The molecule has 2 N–H and O–H groups in total. The first-order valence-corrected chi connectivity index (χ1v) is 8.29. The second-order valence-corrected chi connectivity index (χ2v) is 6.90. The number of imide groups is 1. The third kappa shape index (κ3) is 6.54. The van der Waals surface area contributed by atoms with E-state index in [1.165, 1.54) is 24.3 Å². The Balaban J connectivity index is 1.88. The van der Waals surface area contributed by atoms with Crippen LogP contribution in [-0.2, 0) is 4.79 Å². The number of benzene rings is 2. The number of hydrogen-bond donors (Lipinski definition) is 2. The molecule has 0 saturated carbocycles. The molecule has 2 aromatic rings. The zero-order valence-electron chi connectivity index (χ0n) is 15.3. The minimum Gasteiger partial charge on any atom is -0.484 e. The summed E-state index contributed by atoms with van der Waals surface area (Å²) in [4.78, 5) is 35.6. The van der Waals surface area contributed by atoms with E-state index in [0.29, 0.717) is 16.9 Å². The van der Waals surface area contributed by atoms with Crippen molar-refractivity contribution in [2.75, 3.05) is 6.61 Å². The summed E-state index contributed by atoms with van der Waals surface area (Å²) in [7, 11) is 0. The second kappa shape index (κ2) is 8.44. The van der Waals surface area contributed by atoms with Crippen LogP contribution in [0.1, 0.15) is 36.7 Å². The standard InChI is InChI=1S/C20H21FN2O4/c1-20(2,3)23-19(26)22-17(24)12-27-16-10-6-14(7-11-16)18(25)13-4-8-15(21)9-5-13/h4-11H,12H2,1-3H3,(H2,22,23,24,26). The number of urea groups is 1. The van der Waals surface area contributed by atoms with Gasteiger partial charge in [-0.1, -0.05) is 0 Å². The summed E-state index contributed by atoms with van der Waals surface area (Å²) >= 11 is 0. The van der Waals surface area contributed by atoms with Crippen LogP contribution in [0.25, 0.3) is 0 Å². The third-order valence-corrected chi connectivity index (χ3v) is 3.33. The lowest BCUT2D eigenvalue weighted by Crippen LogP contribution is -2.49. The van der Waals surface area contributed by atoms with E-state index in [0.717, 1.165) is 0 Å². The van der Waals surface area contributed by atoms with Crippen molar-refractivity contribution >= 4 is 17.7 Å². The first kappa shape index (κ1) is 20.1. The molecular weight excluding hydrogens is 351 g/mol. The minimum absolute atomic E-state index is 0.252. The molecule has 3 amide bonds. The van der Waals surface area contributed by atoms with Gasteiger partial charge >= 0.3 is 6.03 Å². The van der Waals surface area contributed by atoms with Crippen LogP contribution in [0.5, 0.6) is 5.75 Å². The number of rotatable bonds is 5. The van der Waals surface area contributed by atoms with Crippen molar-refractivity contribution in [3.63, 3.8) is 0 Å². The van der Waals surface area contributed by atoms with Gasteiger partial charge in [0.25, 0.3) is 5.91 Å². The number of hydrogen-bond acceptors (Lipinski definition) is 4. The summed E-state index contributed by atoms with van der Waals surface area (Å²) < 4.78 is 18.2. The maximum Gasteiger partial charge on any atom is 0.321 e. The minimum atomic E-state index is -0.601. The first-order valence-electron chi connectivity index (χ1n) is 8.29. The van der Waals surface area contributed by atoms with E-state index in [9.17, 15) is 18.8 Å². The molecule has 0 atom stereocenters. The summed E-state index contributed by atoms with van der Waals surface area (Å²) in [5.74, 6) is -0.886. The molecule has 0 bridgehead atoms. The lowest BCUT2D eigenvalue weighted by molar-refractivity contribution is -0.122. The topological polar surface area (TPSA) is 84.5 Å². The number of ether oxygens (including phenoxy) is 1. The van der Waals surface area contributed by atoms with Gasteiger partial charge in [0.15, 0.2) is 12.4 Å². The van der Waals surface area contributed by atoms with Gasteiger partial charge < -0.3 is 10.1 Å². The van der Waals surface area contributed by atoms with E-state index in [2.05, 4.69) is 10.6 Å². The van der Waals surface area contributed by atoms with E-state index < -0.39 is 23.3 Å². The Morgan fingerprint density at radius 1 is 0.926 bits per heavy atom. The summed E-state index contributed by atoms with van der Waals surface area (Å²) in [6.45, 7) is 5.04. The van der Waals surface area contributed by atoms with E-state index in [4.69, 9.17) is 4.74 Å². The number of nitrogens with one attached hydrogen (secondary N) is 2. The van der Waals surface area contributed by atoms with Crippen LogP contribution in [0.4, 0.5) is 9.18 Å². The Morgan fingerprint density at radius 3 is 1.96 bits per heavy atom. The summed E-state index contributed by atoms with van der Waals surface area (Å²) in [5, 5.41) is 4.76. The molecule has 0 fully saturated rings. The van der Waals surface area contributed by atoms with Crippen LogP contribution in [-0.4, -0.2) is 29.9 Å². The van der Waals surface area contributed by atoms with Gasteiger partial charge in [-0.25, -0.2) is 9.18 Å². The summed E-state index contributed by atoms with van der Waals surface area (Å²) in [6, 6.07) is 10.8. The van der Waals surface area contributed by atoms with E-state index >= 15 is 0 Å². The average molecular weight is 372 g/mol. The average Bonchev–Trinajstić information content (AvgIpc) is 2.59. The Morgan fingerprint density at radius 2 is 1.44 bits per heavy atom. The molecule has 6 nitrogen and oxygen atoms in total. The van der Waals surface area contributed by atoms with E-state index in [1.807, 2.05) is 0 Å². The highest BCUT2D eigenvalue weighted by molar-refractivity contribution is 6.09. The maximum absolute atomic E-state index is 12.9. The van der Waals surface area contributed by atoms with E-state index in [-0.39, 0.29) is 12.4 Å². The van der Waals surface area contributed by atoms with Crippen LogP contribution < -0.4 is 15.4 Å². The molecule has 7 heteroatoms. The van der Waals surface area contributed by atoms with Crippen LogP contribution in [0, 0.1) is 5.82 Å². The Kier molecular flexibility index (Phi) is 6.28. The van der Waals surface area contributed by atoms with Crippen molar-refractivity contribution in [1.29, 1.82) is 0 Å². The number of carbonyl (C=O) groups is 3. The SMILES string of the molecule is CC(C)(C)NC(=O)NC(=O)COc1ccc(C(=O)c2ccc(F)cc2)cc1. The van der Waals surface area contributed by atoms with Gasteiger partial charge in [0, 0.05) is 16.7 Å². The molecule has 2 aromatic carbocycles. The highest BCUT2D eigenvalue weighted by Gasteiger charge is 2.16. The van der Waals surface area contributed by atoms with Crippen molar-refractivity contribution in [1.82, 2.24) is 10.6 Å². The summed E-state index contributed by atoms with van der Waals surface area (Å²) in [6.07, 6.45) is 0. The zero-order valence-corrected chi connectivity index (χ0v) is 15.3. The molecule has 0 aliphatic heterocycles. The highest BCUT2D eigenvalue weighted by Crippen LogP contribution is 2.16. The molecule has 0 aromatic heterocycles. The molecule has 0 heterocycles. The Hall–Kier alpha value is -3.22. The Labute approximate surface area is 156 Å². The fourth-order valence-corrected chi connectivity index (χ4v) is 2.15. The van der Waals surface area contributed by atoms with Crippen molar-refractivity contribution < 1.29 is 23.5 Å².